The van der Waals surface area contributed by atoms with Crippen LogP contribution in [-0.4, -0.2) is 33.8 Å². The zero-order chi connectivity index (χ0) is 13.9. The van der Waals surface area contributed by atoms with Gasteiger partial charge in [-0.25, -0.2) is 0 Å². The molecule has 0 unspecified atom stereocenters. The molecule has 19 heavy (non-hydrogen) atoms. The lowest BCUT2D eigenvalue weighted by Crippen LogP contribution is -2.15. The summed E-state index contributed by atoms with van der Waals surface area (Å²) in [5.74, 6) is 0.968. The molecule has 0 heterocycles. The summed E-state index contributed by atoms with van der Waals surface area (Å²) in [4.78, 5) is 2.09. The molecule has 3 nitrogen and oxygen atoms in total. The van der Waals surface area contributed by atoms with Crippen molar-refractivity contribution in [3.63, 3.8) is 0 Å². The maximum Gasteiger partial charge on any atom is 0.121 e. The maximum absolute atomic E-state index is 5.78. The lowest BCUT2D eigenvalue weighted by molar-refractivity contribution is 0.305. The van der Waals surface area contributed by atoms with Crippen molar-refractivity contribution in [1.29, 1.82) is 0 Å². The van der Waals surface area contributed by atoms with Crippen molar-refractivity contribution >= 4 is 5.69 Å². The molecular weight excluding hydrogens is 236 g/mol. The van der Waals surface area contributed by atoms with Gasteiger partial charge >= 0.3 is 0 Å². The Labute approximate surface area is 118 Å². The normalized spacial score (nSPS) is 10.5. The summed E-state index contributed by atoms with van der Waals surface area (Å²) in [6.45, 7) is 5.27. The fourth-order valence-corrected chi connectivity index (χ4v) is 1.87. The fraction of sp³-hybridized carbons (Fsp3) is 0.625. The van der Waals surface area contributed by atoms with Crippen LogP contribution in [0.5, 0.6) is 5.75 Å². The van der Waals surface area contributed by atoms with Gasteiger partial charge in [-0.15, -0.1) is 0 Å². The summed E-state index contributed by atoms with van der Waals surface area (Å²) in [6, 6.07) is 8.24. The van der Waals surface area contributed by atoms with E-state index in [0.29, 0.717) is 0 Å². The third-order valence-corrected chi connectivity index (χ3v) is 3.03. The van der Waals surface area contributed by atoms with E-state index in [1.807, 2.05) is 26.2 Å². The van der Waals surface area contributed by atoms with E-state index < -0.39 is 0 Å². The van der Waals surface area contributed by atoms with Gasteiger partial charge in [0.05, 0.1) is 6.61 Å². The Bertz CT molecular complexity index is 339. The van der Waals surface area contributed by atoms with Crippen molar-refractivity contribution in [3.05, 3.63) is 24.3 Å². The van der Waals surface area contributed by atoms with E-state index in [-0.39, 0.29) is 0 Å². The van der Waals surface area contributed by atoms with E-state index in [4.69, 9.17) is 4.74 Å². The van der Waals surface area contributed by atoms with Crippen LogP contribution < -0.4 is 15.0 Å². The topological polar surface area (TPSA) is 24.5 Å². The average molecular weight is 264 g/mol. The van der Waals surface area contributed by atoms with Gasteiger partial charge in [-0.3, -0.25) is 0 Å². The summed E-state index contributed by atoms with van der Waals surface area (Å²) in [5, 5.41) is 3.42. The average Bonchev–Trinajstić information content (AvgIpc) is 2.42. The van der Waals surface area contributed by atoms with Gasteiger partial charge in [0.2, 0.25) is 0 Å². The van der Waals surface area contributed by atoms with E-state index in [2.05, 4.69) is 29.3 Å². The number of nitrogens with zero attached hydrogens (tertiary/aromatic N) is 1. The summed E-state index contributed by atoms with van der Waals surface area (Å²) in [5.41, 5.74) is 1.18. The molecule has 0 saturated carbocycles. The van der Waals surface area contributed by atoms with Crippen LogP contribution in [0.4, 0.5) is 5.69 Å². The quantitative estimate of drug-likeness (QED) is 0.656. The number of rotatable bonds is 10. The molecule has 0 spiro atoms. The zero-order valence-electron chi connectivity index (χ0n) is 12.6. The first-order valence-corrected chi connectivity index (χ1v) is 7.35. The number of nitrogens with one attached hydrogen (secondary N) is 1. The van der Waals surface area contributed by atoms with Crippen molar-refractivity contribution in [2.24, 2.45) is 0 Å². The lowest BCUT2D eigenvalue weighted by atomic mass is 10.2. The van der Waals surface area contributed by atoms with Crippen LogP contribution in [0.1, 0.15) is 32.6 Å². The third-order valence-electron chi connectivity index (χ3n) is 3.03. The highest BCUT2D eigenvalue weighted by molar-refractivity contribution is 5.49. The van der Waals surface area contributed by atoms with Gasteiger partial charge in [-0.1, -0.05) is 13.0 Å². The Morgan fingerprint density at radius 1 is 1.11 bits per heavy atom. The smallest absolute Gasteiger partial charge is 0.121 e. The minimum Gasteiger partial charge on any atom is -0.494 e. The van der Waals surface area contributed by atoms with E-state index in [0.717, 1.165) is 31.9 Å². The van der Waals surface area contributed by atoms with Crippen LogP contribution in [-0.2, 0) is 0 Å². The zero-order valence-corrected chi connectivity index (χ0v) is 12.6. The number of anilines is 1. The molecule has 1 aromatic carbocycles. The van der Waals surface area contributed by atoms with Crippen LogP contribution in [0.15, 0.2) is 24.3 Å². The molecule has 0 aliphatic rings. The summed E-state index contributed by atoms with van der Waals surface area (Å²) in [6.07, 6.45) is 4.80. The second-order valence-electron chi connectivity index (χ2n) is 5.05. The van der Waals surface area contributed by atoms with E-state index in [1.165, 1.54) is 24.9 Å². The second kappa shape index (κ2) is 9.68. The van der Waals surface area contributed by atoms with Crippen LogP contribution in [0.3, 0.4) is 0 Å². The number of ether oxygens (including phenoxy) is 1. The van der Waals surface area contributed by atoms with Gasteiger partial charge in [-0.05, 0) is 50.9 Å². The van der Waals surface area contributed by atoms with Crippen LogP contribution in [0.25, 0.3) is 0 Å². The molecule has 0 bridgehead atoms. The molecule has 0 aliphatic heterocycles. The Kier molecular flexibility index (Phi) is 8.07. The predicted molar refractivity (Wildman–Crippen MR) is 83.3 cm³/mol. The monoisotopic (exact) mass is 264 g/mol. The molecular formula is C16H28N2O. The summed E-state index contributed by atoms with van der Waals surface area (Å²) >= 11 is 0. The van der Waals surface area contributed by atoms with Gasteiger partial charge in [0.1, 0.15) is 5.75 Å². The van der Waals surface area contributed by atoms with Gasteiger partial charge in [0, 0.05) is 25.8 Å². The molecule has 108 valence electrons. The SMILES string of the molecule is CCCNCCCCCOc1cccc(N(C)C)c1. The van der Waals surface area contributed by atoms with E-state index in [9.17, 15) is 0 Å². The molecule has 0 atom stereocenters. The molecule has 0 radical (unpaired) electrons. The van der Waals surface area contributed by atoms with Crippen LogP contribution in [0.2, 0.25) is 0 Å². The van der Waals surface area contributed by atoms with Crippen molar-refractivity contribution < 1.29 is 4.74 Å². The van der Waals surface area contributed by atoms with Gasteiger partial charge < -0.3 is 15.0 Å². The first-order chi connectivity index (χ1) is 9.24. The van der Waals surface area contributed by atoms with Crippen LogP contribution in [0, 0.1) is 0 Å². The molecule has 1 N–H and O–H groups in total. The minimum atomic E-state index is 0.810. The summed E-state index contributed by atoms with van der Waals surface area (Å²) in [7, 11) is 4.09. The van der Waals surface area contributed by atoms with Crippen LogP contribution >= 0.6 is 0 Å². The fourth-order valence-electron chi connectivity index (χ4n) is 1.87. The largest absolute Gasteiger partial charge is 0.494 e. The van der Waals surface area contributed by atoms with Crippen molar-refractivity contribution in [2.75, 3.05) is 38.7 Å². The van der Waals surface area contributed by atoms with E-state index in [1.54, 1.807) is 0 Å². The molecule has 0 saturated heterocycles. The van der Waals surface area contributed by atoms with Gasteiger partial charge in [-0.2, -0.15) is 0 Å². The number of unbranched alkanes of at least 4 members (excludes halogenated alkanes) is 2. The minimum absolute atomic E-state index is 0.810. The van der Waals surface area contributed by atoms with Crippen molar-refractivity contribution in [2.45, 2.75) is 32.6 Å². The van der Waals surface area contributed by atoms with Crippen molar-refractivity contribution in [3.8, 4) is 5.75 Å². The lowest BCUT2D eigenvalue weighted by Gasteiger charge is -2.14. The first kappa shape index (κ1) is 15.8. The Morgan fingerprint density at radius 2 is 1.95 bits per heavy atom. The standard InChI is InChI=1S/C16H28N2O/c1-4-11-17-12-6-5-7-13-19-16-10-8-9-15(14-16)18(2)3/h8-10,14,17H,4-7,11-13H2,1-3H3. The maximum atomic E-state index is 5.78. The Balaban J connectivity index is 2.10. The molecule has 0 amide bonds. The Hall–Kier alpha value is -1.22. The molecule has 0 aliphatic carbocycles. The van der Waals surface area contributed by atoms with Gasteiger partial charge in [0.25, 0.3) is 0 Å². The highest BCUT2D eigenvalue weighted by Crippen LogP contribution is 2.19. The highest BCUT2D eigenvalue weighted by atomic mass is 16.5. The molecule has 3 heteroatoms. The molecule has 0 aromatic heterocycles. The molecule has 0 fully saturated rings. The Morgan fingerprint density at radius 3 is 2.68 bits per heavy atom. The highest BCUT2D eigenvalue weighted by Gasteiger charge is 1.98. The first-order valence-electron chi connectivity index (χ1n) is 7.35. The summed E-state index contributed by atoms with van der Waals surface area (Å²) < 4.78 is 5.78. The number of benzene rings is 1. The second-order valence-corrected chi connectivity index (χ2v) is 5.05. The predicted octanol–water partition coefficient (Wildman–Crippen LogP) is 3.30. The molecule has 1 rings (SSSR count). The van der Waals surface area contributed by atoms with Crippen molar-refractivity contribution in [1.82, 2.24) is 5.32 Å². The number of hydrogen-bond donors (Lipinski definition) is 1. The van der Waals surface area contributed by atoms with E-state index >= 15 is 0 Å². The third kappa shape index (κ3) is 7.06. The number of hydrogen-bond acceptors (Lipinski definition) is 3. The van der Waals surface area contributed by atoms with Gasteiger partial charge in [0.15, 0.2) is 0 Å². The molecule has 1 aromatic rings.